The second kappa shape index (κ2) is 6.37. The van der Waals surface area contributed by atoms with E-state index in [1.54, 1.807) is 6.92 Å². The molecular formula is C18H26O4. The van der Waals surface area contributed by atoms with Crippen LogP contribution in [0.25, 0.3) is 0 Å². The van der Waals surface area contributed by atoms with Gasteiger partial charge in [-0.25, -0.2) is 4.79 Å². The summed E-state index contributed by atoms with van der Waals surface area (Å²) >= 11 is 0. The number of rotatable bonds is 4. The molecule has 2 rings (SSSR count). The smallest absolute Gasteiger partial charge is 0.336 e. The number of hydrogen-bond donors (Lipinski definition) is 1. The zero-order chi connectivity index (χ0) is 16.5. The number of ether oxygens (including phenoxy) is 1. The van der Waals surface area contributed by atoms with Crippen LogP contribution in [0.3, 0.4) is 0 Å². The zero-order valence-corrected chi connectivity index (χ0v) is 14.0. The Labute approximate surface area is 132 Å². The monoisotopic (exact) mass is 306 g/mol. The van der Waals surface area contributed by atoms with E-state index < -0.39 is 17.5 Å². The Balaban J connectivity index is 2.33. The van der Waals surface area contributed by atoms with Crippen LogP contribution in [-0.2, 0) is 14.3 Å². The van der Waals surface area contributed by atoms with Gasteiger partial charge in [0.1, 0.15) is 0 Å². The van der Waals surface area contributed by atoms with Crippen LogP contribution < -0.4 is 0 Å². The van der Waals surface area contributed by atoms with Gasteiger partial charge in [-0.3, -0.25) is 4.79 Å². The fraction of sp³-hybridized carbons (Fsp3) is 0.667. The highest BCUT2D eigenvalue weighted by atomic mass is 16.5. The zero-order valence-electron chi connectivity index (χ0n) is 14.0. The number of ketones is 1. The van der Waals surface area contributed by atoms with E-state index in [1.807, 2.05) is 6.92 Å². The molecule has 0 aromatic heterocycles. The molecule has 4 nitrogen and oxygen atoms in total. The molecule has 4 heteroatoms. The maximum Gasteiger partial charge on any atom is 0.336 e. The fourth-order valence-electron chi connectivity index (χ4n) is 3.63. The van der Waals surface area contributed by atoms with Gasteiger partial charge in [0.25, 0.3) is 0 Å². The maximum atomic E-state index is 13.1. The lowest BCUT2D eigenvalue weighted by atomic mass is 9.63. The highest BCUT2D eigenvalue weighted by Crippen LogP contribution is 2.47. The molecule has 1 N–H and O–H groups in total. The van der Waals surface area contributed by atoms with Crippen molar-refractivity contribution in [1.29, 1.82) is 0 Å². The van der Waals surface area contributed by atoms with Crippen LogP contribution >= 0.6 is 0 Å². The predicted molar refractivity (Wildman–Crippen MR) is 84.2 cm³/mol. The van der Waals surface area contributed by atoms with Gasteiger partial charge in [-0.05, 0) is 58.4 Å². The van der Waals surface area contributed by atoms with Crippen LogP contribution in [0.4, 0.5) is 0 Å². The average molecular weight is 306 g/mol. The molecule has 0 spiro atoms. The lowest BCUT2D eigenvalue weighted by Crippen LogP contribution is -2.49. The van der Waals surface area contributed by atoms with E-state index in [-0.39, 0.29) is 12.4 Å². The molecule has 2 unspecified atom stereocenters. The Bertz CT molecular complexity index is 555. The van der Waals surface area contributed by atoms with Crippen LogP contribution in [0.2, 0.25) is 0 Å². The van der Waals surface area contributed by atoms with Crippen molar-refractivity contribution in [2.45, 2.75) is 65.9 Å². The molecule has 0 amide bonds. The molecule has 0 saturated carbocycles. The molecule has 2 aliphatic rings. The van der Waals surface area contributed by atoms with Gasteiger partial charge in [-0.15, -0.1) is 0 Å². The lowest BCUT2D eigenvalue weighted by molar-refractivity contribution is -0.165. The van der Waals surface area contributed by atoms with Gasteiger partial charge in [-0.1, -0.05) is 23.6 Å². The van der Waals surface area contributed by atoms with Crippen LogP contribution in [0.1, 0.15) is 59.8 Å². The number of aliphatic hydroxyl groups excluding tert-OH is 1. The molecule has 0 aromatic carbocycles. The minimum atomic E-state index is -1.37. The molecular weight excluding hydrogens is 280 g/mol. The number of esters is 1. The van der Waals surface area contributed by atoms with Crippen molar-refractivity contribution >= 4 is 11.8 Å². The standard InChI is InChI=1S/C18H26O4/c1-5-18(16(20)17(21)22-6-2)8-7-13-9-11(3)12(4)10-14(13)15(18)19/h16,20H,5-10H2,1-4H3. The van der Waals surface area contributed by atoms with Crippen molar-refractivity contribution in [1.82, 2.24) is 0 Å². The summed E-state index contributed by atoms with van der Waals surface area (Å²) in [6.07, 6.45) is 1.87. The quantitative estimate of drug-likeness (QED) is 0.640. The number of Topliss-reactive ketones (excluding diaryl/α,β-unsaturated/α-hetero) is 1. The van der Waals surface area contributed by atoms with E-state index in [1.165, 1.54) is 16.7 Å². The maximum absolute atomic E-state index is 13.1. The van der Waals surface area contributed by atoms with Crippen LogP contribution in [0.5, 0.6) is 0 Å². The number of hydrogen-bond acceptors (Lipinski definition) is 4. The van der Waals surface area contributed by atoms with Gasteiger partial charge in [0, 0.05) is 0 Å². The van der Waals surface area contributed by atoms with Crippen molar-refractivity contribution in [3.63, 3.8) is 0 Å². The number of allylic oxidation sites excluding steroid dienone is 4. The van der Waals surface area contributed by atoms with Gasteiger partial charge >= 0.3 is 5.97 Å². The number of carbonyl (C=O) groups excluding carboxylic acids is 2. The summed E-state index contributed by atoms with van der Waals surface area (Å²) in [5.74, 6) is -0.732. The highest BCUT2D eigenvalue weighted by molar-refractivity contribution is 6.05. The van der Waals surface area contributed by atoms with Crippen molar-refractivity contribution in [3.8, 4) is 0 Å². The molecule has 0 aliphatic heterocycles. The highest BCUT2D eigenvalue weighted by Gasteiger charge is 2.51. The SMILES string of the molecule is CCOC(=O)C(O)C1(CC)CCC2=C(CC(C)=C(C)C2)C1=O. The second-order valence-electron chi connectivity index (χ2n) is 6.49. The first-order valence-electron chi connectivity index (χ1n) is 8.13. The first-order valence-corrected chi connectivity index (χ1v) is 8.13. The number of aliphatic hydroxyl groups is 1. The fourth-order valence-corrected chi connectivity index (χ4v) is 3.63. The third kappa shape index (κ3) is 2.65. The van der Waals surface area contributed by atoms with Gasteiger partial charge in [-0.2, -0.15) is 0 Å². The summed E-state index contributed by atoms with van der Waals surface area (Å²) in [6.45, 7) is 7.93. The van der Waals surface area contributed by atoms with Crippen molar-refractivity contribution in [2.75, 3.05) is 6.61 Å². The number of carbonyl (C=O) groups is 2. The summed E-state index contributed by atoms with van der Waals surface area (Å²) in [7, 11) is 0. The molecule has 122 valence electrons. The minimum absolute atomic E-state index is 0.0522. The third-order valence-electron chi connectivity index (χ3n) is 5.34. The first kappa shape index (κ1) is 16.9. The molecule has 0 heterocycles. The Morgan fingerprint density at radius 3 is 2.50 bits per heavy atom. The lowest BCUT2D eigenvalue weighted by Gasteiger charge is -2.41. The summed E-state index contributed by atoms with van der Waals surface area (Å²) in [4.78, 5) is 25.0. The molecule has 0 aromatic rings. The van der Waals surface area contributed by atoms with E-state index in [4.69, 9.17) is 4.74 Å². The van der Waals surface area contributed by atoms with E-state index in [9.17, 15) is 14.7 Å². The molecule has 0 fully saturated rings. The van der Waals surface area contributed by atoms with Crippen molar-refractivity contribution in [2.24, 2.45) is 5.41 Å². The van der Waals surface area contributed by atoms with Gasteiger partial charge in [0.05, 0.1) is 12.0 Å². The molecule has 2 atom stereocenters. The van der Waals surface area contributed by atoms with E-state index in [2.05, 4.69) is 13.8 Å². The molecule has 0 bridgehead atoms. The molecule has 22 heavy (non-hydrogen) atoms. The topological polar surface area (TPSA) is 63.6 Å². The Hall–Kier alpha value is -1.42. The Morgan fingerprint density at radius 2 is 1.91 bits per heavy atom. The summed E-state index contributed by atoms with van der Waals surface area (Å²) in [5, 5.41) is 10.5. The van der Waals surface area contributed by atoms with E-state index in [0.717, 1.165) is 18.4 Å². The third-order valence-corrected chi connectivity index (χ3v) is 5.34. The normalized spacial score (nSPS) is 26.9. The van der Waals surface area contributed by atoms with Gasteiger partial charge < -0.3 is 9.84 Å². The molecule has 0 radical (unpaired) electrons. The Morgan fingerprint density at radius 1 is 1.27 bits per heavy atom. The largest absolute Gasteiger partial charge is 0.464 e. The molecule has 0 saturated heterocycles. The van der Waals surface area contributed by atoms with Gasteiger partial charge in [0.2, 0.25) is 0 Å². The summed E-state index contributed by atoms with van der Waals surface area (Å²) in [5.41, 5.74) is 3.55. The van der Waals surface area contributed by atoms with Crippen molar-refractivity contribution < 1.29 is 19.4 Å². The molecule has 2 aliphatic carbocycles. The van der Waals surface area contributed by atoms with E-state index in [0.29, 0.717) is 19.3 Å². The van der Waals surface area contributed by atoms with Crippen LogP contribution in [-0.4, -0.2) is 29.6 Å². The predicted octanol–water partition coefficient (Wildman–Crippen LogP) is 3.10. The van der Waals surface area contributed by atoms with Gasteiger partial charge in [0.15, 0.2) is 11.9 Å². The summed E-state index contributed by atoms with van der Waals surface area (Å²) in [6, 6.07) is 0. The van der Waals surface area contributed by atoms with Crippen LogP contribution in [0.15, 0.2) is 22.3 Å². The summed E-state index contributed by atoms with van der Waals surface area (Å²) < 4.78 is 4.94. The second-order valence-corrected chi connectivity index (χ2v) is 6.49. The van der Waals surface area contributed by atoms with Crippen molar-refractivity contribution in [3.05, 3.63) is 22.3 Å². The van der Waals surface area contributed by atoms with Crippen LogP contribution in [0, 0.1) is 5.41 Å². The first-order chi connectivity index (χ1) is 10.4. The minimum Gasteiger partial charge on any atom is -0.464 e. The van der Waals surface area contributed by atoms with E-state index >= 15 is 0 Å². The average Bonchev–Trinajstić information content (AvgIpc) is 2.50. The Kier molecular flexibility index (Phi) is 4.90.